The van der Waals surface area contributed by atoms with E-state index >= 15 is 0 Å². The normalized spacial score (nSPS) is 20.1. The highest BCUT2D eigenvalue weighted by molar-refractivity contribution is 5.28. The Balaban J connectivity index is 1.55. The van der Waals surface area contributed by atoms with Crippen molar-refractivity contribution in [2.45, 2.75) is 70.8 Å². The molecule has 0 saturated carbocycles. The second-order valence-corrected chi connectivity index (χ2v) is 6.90. The van der Waals surface area contributed by atoms with Crippen LogP contribution in [0.25, 0.3) is 0 Å². The van der Waals surface area contributed by atoms with Crippen molar-refractivity contribution in [1.82, 2.24) is 0 Å². The number of hydrogen-bond acceptors (Lipinski definition) is 2. The van der Waals surface area contributed by atoms with Crippen molar-refractivity contribution in [3.8, 4) is 5.75 Å². The van der Waals surface area contributed by atoms with E-state index in [4.69, 9.17) is 9.47 Å². The van der Waals surface area contributed by atoms with Gasteiger partial charge in [-0.3, -0.25) is 0 Å². The maximum absolute atomic E-state index is 5.74. The maximum Gasteiger partial charge on any atom is 0.123 e. The summed E-state index contributed by atoms with van der Waals surface area (Å²) in [6, 6.07) is 8.42. The first-order valence-electron chi connectivity index (χ1n) is 9.22. The highest BCUT2D eigenvalue weighted by atomic mass is 16.6. The molecule has 0 aromatic heterocycles. The molecule has 1 saturated heterocycles. The molecule has 1 unspecified atom stereocenters. The minimum Gasteiger partial charge on any atom is -0.491 e. The van der Waals surface area contributed by atoms with Crippen LogP contribution < -0.4 is 4.74 Å². The van der Waals surface area contributed by atoms with Gasteiger partial charge in [0, 0.05) is 0 Å². The Morgan fingerprint density at radius 2 is 1.74 bits per heavy atom. The predicted octanol–water partition coefficient (Wildman–Crippen LogP) is 5.70. The quantitative estimate of drug-likeness (QED) is 0.280. The lowest BCUT2D eigenvalue weighted by atomic mass is 10.1. The van der Waals surface area contributed by atoms with Crippen molar-refractivity contribution < 1.29 is 9.47 Å². The van der Waals surface area contributed by atoms with Gasteiger partial charge in [-0.1, -0.05) is 63.3 Å². The lowest BCUT2D eigenvalue weighted by Gasteiger charge is -2.09. The fraction of sp³-hybridized carbons (Fsp3) is 0.619. The zero-order valence-corrected chi connectivity index (χ0v) is 14.9. The van der Waals surface area contributed by atoms with E-state index in [0.29, 0.717) is 6.61 Å². The first-order valence-corrected chi connectivity index (χ1v) is 9.22. The number of epoxide rings is 1. The van der Waals surface area contributed by atoms with Crippen molar-refractivity contribution in [3.63, 3.8) is 0 Å². The van der Waals surface area contributed by atoms with E-state index in [1.807, 2.05) is 0 Å². The second kappa shape index (κ2) is 9.77. The van der Waals surface area contributed by atoms with Gasteiger partial charge < -0.3 is 9.47 Å². The average molecular weight is 316 g/mol. The van der Waals surface area contributed by atoms with Gasteiger partial charge >= 0.3 is 0 Å². The summed E-state index contributed by atoms with van der Waals surface area (Å²) >= 11 is 0. The summed E-state index contributed by atoms with van der Waals surface area (Å²) in [4.78, 5) is 0. The Hall–Kier alpha value is -1.28. The van der Waals surface area contributed by atoms with Crippen LogP contribution in [0.15, 0.2) is 36.4 Å². The fourth-order valence-corrected chi connectivity index (χ4v) is 2.54. The van der Waals surface area contributed by atoms with E-state index in [1.54, 1.807) is 0 Å². The fourth-order valence-electron chi connectivity index (χ4n) is 2.54. The largest absolute Gasteiger partial charge is 0.491 e. The zero-order chi connectivity index (χ0) is 16.4. The summed E-state index contributed by atoms with van der Waals surface area (Å²) in [6.45, 7) is 5.80. The molecule has 1 aromatic carbocycles. The topological polar surface area (TPSA) is 21.8 Å². The van der Waals surface area contributed by atoms with E-state index in [1.165, 1.54) is 50.5 Å². The van der Waals surface area contributed by atoms with Gasteiger partial charge in [0.05, 0.1) is 6.61 Å². The molecule has 1 heterocycles. The molecule has 0 radical (unpaired) electrons. The maximum atomic E-state index is 5.74. The molecule has 23 heavy (non-hydrogen) atoms. The predicted molar refractivity (Wildman–Crippen MR) is 97.1 cm³/mol. The SMILES string of the molecule is CCCCCCCC/C=C/Cc1ccc(OCC2(C)CO2)cc1. The number of unbranched alkanes of at least 4 members (excludes halogenated alkanes) is 6. The third kappa shape index (κ3) is 7.69. The Bertz CT molecular complexity index is 457. The van der Waals surface area contributed by atoms with Crippen molar-refractivity contribution in [2.24, 2.45) is 0 Å². The van der Waals surface area contributed by atoms with Crippen molar-refractivity contribution >= 4 is 0 Å². The van der Waals surface area contributed by atoms with Gasteiger partial charge in [0.15, 0.2) is 0 Å². The number of rotatable bonds is 12. The van der Waals surface area contributed by atoms with Gasteiger partial charge in [0.25, 0.3) is 0 Å². The molecule has 128 valence electrons. The van der Waals surface area contributed by atoms with Crippen LogP contribution in [0.5, 0.6) is 5.75 Å². The molecule has 0 amide bonds. The van der Waals surface area contributed by atoms with E-state index in [0.717, 1.165) is 18.8 Å². The molecule has 1 aliphatic heterocycles. The van der Waals surface area contributed by atoms with Gasteiger partial charge in [-0.05, 0) is 43.9 Å². The minimum atomic E-state index is -0.0437. The summed E-state index contributed by atoms with van der Waals surface area (Å²) in [5, 5.41) is 0. The van der Waals surface area contributed by atoms with Crippen LogP contribution in [-0.2, 0) is 11.2 Å². The number of ether oxygens (including phenoxy) is 2. The molecule has 1 fully saturated rings. The van der Waals surface area contributed by atoms with Crippen LogP contribution in [0.1, 0.15) is 64.4 Å². The summed E-state index contributed by atoms with van der Waals surface area (Å²) < 4.78 is 11.1. The van der Waals surface area contributed by atoms with E-state index in [-0.39, 0.29) is 5.60 Å². The van der Waals surface area contributed by atoms with E-state index < -0.39 is 0 Å². The summed E-state index contributed by atoms with van der Waals surface area (Å²) in [7, 11) is 0. The zero-order valence-electron chi connectivity index (χ0n) is 14.9. The van der Waals surface area contributed by atoms with Crippen molar-refractivity contribution in [1.29, 1.82) is 0 Å². The monoisotopic (exact) mass is 316 g/mol. The molecule has 2 nitrogen and oxygen atoms in total. The summed E-state index contributed by atoms with van der Waals surface area (Å²) in [5.41, 5.74) is 1.29. The Morgan fingerprint density at radius 1 is 1.04 bits per heavy atom. The molecule has 0 bridgehead atoms. The molecule has 1 atom stereocenters. The van der Waals surface area contributed by atoms with Gasteiger partial charge in [-0.25, -0.2) is 0 Å². The molecule has 0 aliphatic carbocycles. The van der Waals surface area contributed by atoms with Gasteiger partial charge in [-0.2, -0.15) is 0 Å². The summed E-state index contributed by atoms with van der Waals surface area (Å²) in [5.74, 6) is 0.932. The van der Waals surface area contributed by atoms with Crippen LogP contribution in [0.2, 0.25) is 0 Å². The van der Waals surface area contributed by atoms with E-state index in [9.17, 15) is 0 Å². The third-order valence-electron chi connectivity index (χ3n) is 4.35. The summed E-state index contributed by atoms with van der Waals surface area (Å²) in [6.07, 6.45) is 15.1. The van der Waals surface area contributed by atoms with E-state index in [2.05, 4.69) is 50.3 Å². The Kier molecular flexibility index (Phi) is 7.67. The number of allylic oxidation sites excluding steroid dienone is 2. The Morgan fingerprint density at radius 3 is 2.43 bits per heavy atom. The van der Waals surface area contributed by atoms with Crippen LogP contribution in [0, 0.1) is 0 Å². The first kappa shape index (κ1) is 18.1. The van der Waals surface area contributed by atoms with Crippen LogP contribution >= 0.6 is 0 Å². The van der Waals surface area contributed by atoms with Gasteiger partial charge in [0.1, 0.15) is 18.0 Å². The average Bonchev–Trinajstić information content (AvgIpc) is 3.30. The molecule has 1 aromatic rings. The highest BCUT2D eigenvalue weighted by Gasteiger charge is 2.40. The standard InChI is InChI=1S/C21H32O2/c1-3-4-5-6-7-8-9-10-11-12-19-13-15-20(16-14-19)22-17-21(2)18-23-21/h10-11,13-16H,3-9,12,17-18H2,1-2H3/b11-10+. The lowest BCUT2D eigenvalue weighted by Crippen LogP contribution is -2.16. The van der Waals surface area contributed by atoms with Crippen LogP contribution in [0.4, 0.5) is 0 Å². The third-order valence-corrected chi connectivity index (χ3v) is 4.35. The van der Waals surface area contributed by atoms with Crippen LogP contribution in [-0.4, -0.2) is 18.8 Å². The molecular weight excluding hydrogens is 284 g/mol. The van der Waals surface area contributed by atoms with Crippen LogP contribution in [0.3, 0.4) is 0 Å². The molecule has 2 heteroatoms. The number of benzene rings is 1. The van der Waals surface area contributed by atoms with Gasteiger partial charge in [0.2, 0.25) is 0 Å². The molecule has 2 rings (SSSR count). The molecular formula is C21H32O2. The first-order chi connectivity index (χ1) is 11.2. The minimum absolute atomic E-state index is 0.0437. The van der Waals surface area contributed by atoms with Crippen molar-refractivity contribution in [3.05, 3.63) is 42.0 Å². The smallest absolute Gasteiger partial charge is 0.123 e. The second-order valence-electron chi connectivity index (χ2n) is 6.90. The van der Waals surface area contributed by atoms with Gasteiger partial charge in [-0.15, -0.1) is 0 Å². The number of hydrogen-bond donors (Lipinski definition) is 0. The Labute approximate surface area is 141 Å². The van der Waals surface area contributed by atoms with Crippen molar-refractivity contribution in [2.75, 3.05) is 13.2 Å². The molecule has 0 N–H and O–H groups in total. The molecule has 0 spiro atoms. The highest BCUT2D eigenvalue weighted by Crippen LogP contribution is 2.27. The molecule has 1 aliphatic rings. The lowest BCUT2D eigenvalue weighted by molar-refractivity contribution is 0.202.